The Labute approximate surface area is 126 Å². The van der Waals surface area contributed by atoms with E-state index in [0.717, 1.165) is 0 Å². The van der Waals surface area contributed by atoms with Crippen molar-refractivity contribution in [3.8, 4) is 0 Å². The lowest BCUT2D eigenvalue weighted by Crippen LogP contribution is -2.39. The topological polar surface area (TPSA) is 66.4 Å². The number of aliphatic hydroxyl groups excluding tert-OH is 1. The van der Waals surface area contributed by atoms with Crippen molar-refractivity contribution in [1.29, 1.82) is 0 Å². The molecule has 0 aliphatic carbocycles. The maximum Gasteiger partial charge on any atom is 0.241 e. The second kappa shape index (κ2) is 6.85. The summed E-state index contributed by atoms with van der Waals surface area (Å²) in [6.07, 6.45) is 1.34. The minimum atomic E-state index is -3.73. The second-order valence-corrected chi connectivity index (χ2v) is 7.26. The molecule has 0 spiro atoms. The molecule has 1 aromatic carbocycles. The van der Waals surface area contributed by atoms with E-state index in [1.807, 2.05) is 13.8 Å². The van der Waals surface area contributed by atoms with Gasteiger partial charge in [-0.3, -0.25) is 0 Å². The predicted octanol–water partition coefficient (Wildman–Crippen LogP) is 2.52. The Balaban J connectivity index is 3.09. The molecule has 1 rings (SSSR count). The van der Waals surface area contributed by atoms with Crippen molar-refractivity contribution in [2.24, 2.45) is 5.41 Å². The SMILES string of the molecule is CCC(CC)(CO)CNS(=O)(=O)c1c(C)cc(F)cc1C. The molecule has 2 N–H and O–H groups in total. The number of halogens is 1. The lowest BCUT2D eigenvalue weighted by Gasteiger charge is -2.29. The first-order chi connectivity index (χ1) is 9.71. The van der Waals surface area contributed by atoms with E-state index >= 15 is 0 Å². The molecule has 0 radical (unpaired) electrons. The van der Waals surface area contributed by atoms with Gasteiger partial charge in [0.05, 0.1) is 4.90 Å². The number of benzene rings is 1. The second-order valence-electron chi connectivity index (χ2n) is 5.56. The normalized spacial score (nSPS) is 12.7. The highest BCUT2D eigenvalue weighted by Crippen LogP contribution is 2.26. The van der Waals surface area contributed by atoms with E-state index in [1.54, 1.807) is 13.8 Å². The van der Waals surface area contributed by atoms with Crippen LogP contribution < -0.4 is 4.72 Å². The molecule has 0 aliphatic heterocycles. The zero-order chi connectivity index (χ0) is 16.3. The Morgan fingerprint density at radius 2 is 1.67 bits per heavy atom. The van der Waals surface area contributed by atoms with Gasteiger partial charge in [-0.05, 0) is 49.9 Å². The van der Waals surface area contributed by atoms with Crippen molar-refractivity contribution in [1.82, 2.24) is 4.72 Å². The first-order valence-electron chi connectivity index (χ1n) is 7.08. The van der Waals surface area contributed by atoms with Gasteiger partial charge in [0.1, 0.15) is 5.82 Å². The van der Waals surface area contributed by atoms with Crippen molar-refractivity contribution >= 4 is 10.0 Å². The zero-order valence-electron chi connectivity index (χ0n) is 13.0. The third kappa shape index (κ3) is 4.02. The molecule has 0 saturated carbocycles. The first-order valence-corrected chi connectivity index (χ1v) is 8.57. The number of sulfonamides is 1. The minimum Gasteiger partial charge on any atom is -0.396 e. The molecular weight excluding hydrogens is 293 g/mol. The summed E-state index contributed by atoms with van der Waals surface area (Å²) in [6.45, 7) is 7.07. The Morgan fingerprint density at radius 1 is 1.19 bits per heavy atom. The summed E-state index contributed by atoms with van der Waals surface area (Å²) >= 11 is 0. The van der Waals surface area contributed by atoms with E-state index in [2.05, 4.69) is 4.72 Å². The van der Waals surface area contributed by atoms with Crippen molar-refractivity contribution in [3.05, 3.63) is 29.1 Å². The van der Waals surface area contributed by atoms with E-state index in [-0.39, 0.29) is 18.0 Å². The van der Waals surface area contributed by atoms with E-state index in [1.165, 1.54) is 12.1 Å². The molecule has 0 unspecified atom stereocenters. The molecule has 0 aliphatic rings. The number of hydrogen-bond acceptors (Lipinski definition) is 3. The molecule has 6 heteroatoms. The van der Waals surface area contributed by atoms with E-state index in [9.17, 15) is 17.9 Å². The number of nitrogens with one attached hydrogen (secondary N) is 1. The summed E-state index contributed by atoms with van der Waals surface area (Å²) in [5.74, 6) is -0.448. The molecule has 0 amide bonds. The maximum atomic E-state index is 13.3. The molecule has 0 atom stereocenters. The van der Waals surface area contributed by atoms with Crippen LogP contribution in [0.1, 0.15) is 37.8 Å². The molecule has 0 fully saturated rings. The van der Waals surface area contributed by atoms with Crippen LogP contribution in [0.25, 0.3) is 0 Å². The first kappa shape index (κ1) is 18.1. The van der Waals surface area contributed by atoms with Crippen LogP contribution in [-0.2, 0) is 10.0 Å². The van der Waals surface area contributed by atoms with Crippen LogP contribution in [0.15, 0.2) is 17.0 Å². The van der Waals surface area contributed by atoms with Gasteiger partial charge < -0.3 is 5.11 Å². The zero-order valence-corrected chi connectivity index (χ0v) is 13.8. The van der Waals surface area contributed by atoms with Crippen LogP contribution >= 0.6 is 0 Å². The van der Waals surface area contributed by atoms with Gasteiger partial charge in [0.2, 0.25) is 10.0 Å². The predicted molar refractivity (Wildman–Crippen MR) is 81.2 cm³/mol. The third-order valence-electron chi connectivity index (χ3n) is 4.17. The number of aliphatic hydroxyl groups is 1. The van der Waals surface area contributed by atoms with Gasteiger partial charge in [0.15, 0.2) is 0 Å². The van der Waals surface area contributed by atoms with Gasteiger partial charge in [0, 0.05) is 18.6 Å². The Kier molecular flexibility index (Phi) is 5.90. The minimum absolute atomic E-state index is 0.0795. The van der Waals surface area contributed by atoms with Crippen molar-refractivity contribution in [3.63, 3.8) is 0 Å². The van der Waals surface area contributed by atoms with Gasteiger partial charge in [0.25, 0.3) is 0 Å². The Morgan fingerprint density at radius 3 is 2.05 bits per heavy atom. The summed E-state index contributed by atoms with van der Waals surface area (Å²) in [5, 5.41) is 9.51. The van der Waals surface area contributed by atoms with Crippen LogP contribution in [0.2, 0.25) is 0 Å². The van der Waals surface area contributed by atoms with Crippen LogP contribution in [-0.4, -0.2) is 26.7 Å². The standard InChI is InChI=1S/C15H24FNO3S/c1-5-15(6-2,10-18)9-17-21(19,20)14-11(3)7-13(16)8-12(14)4/h7-8,17-18H,5-6,9-10H2,1-4H3. The van der Waals surface area contributed by atoms with Gasteiger partial charge in [-0.15, -0.1) is 0 Å². The van der Waals surface area contributed by atoms with Crippen molar-refractivity contribution in [2.45, 2.75) is 45.4 Å². The quantitative estimate of drug-likeness (QED) is 0.812. The van der Waals surface area contributed by atoms with Crippen LogP contribution in [0.3, 0.4) is 0 Å². The summed E-state index contributed by atoms with van der Waals surface area (Å²) in [7, 11) is -3.73. The van der Waals surface area contributed by atoms with Crippen LogP contribution in [0.5, 0.6) is 0 Å². The molecule has 21 heavy (non-hydrogen) atoms. The molecule has 1 aromatic rings. The molecule has 0 heterocycles. The highest BCUT2D eigenvalue weighted by atomic mass is 32.2. The van der Waals surface area contributed by atoms with Crippen molar-refractivity contribution in [2.75, 3.05) is 13.2 Å². The summed E-state index contributed by atoms with van der Waals surface area (Å²) in [5.41, 5.74) is 0.291. The number of aryl methyl sites for hydroxylation is 2. The van der Waals surface area contributed by atoms with Crippen LogP contribution in [0.4, 0.5) is 4.39 Å². The summed E-state index contributed by atoms with van der Waals surface area (Å²) in [6, 6.07) is 2.42. The van der Waals surface area contributed by atoms with Gasteiger partial charge in [-0.2, -0.15) is 0 Å². The van der Waals surface area contributed by atoms with Gasteiger partial charge >= 0.3 is 0 Å². The van der Waals surface area contributed by atoms with Gasteiger partial charge in [-0.1, -0.05) is 13.8 Å². The maximum absolute atomic E-state index is 13.3. The monoisotopic (exact) mass is 317 g/mol. The molecular formula is C15H24FNO3S. The average Bonchev–Trinajstić information content (AvgIpc) is 2.39. The summed E-state index contributed by atoms with van der Waals surface area (Å²) in [4.78, 5) is 0.114. The largest absolute Gasteiger partial charge is 0.396 e. The lowest BCUT2D eigenvalue weighted by atomic mass is 9.84. The van der Waals surface area contributed by atoms with E-state index in [0.29, 0.717) is 24.0 Å². The fraction of sp³-hybridized carbons (Fsp3) is 0.600. The highest BCUT2D eigenvalue weighted by Gasteiger charge is 2.29. The smallest absolute Gasteiger partial charge is 0.241 e. The molecule has 0 saturated heterocycles. The number of rotatable bonds is 7. The fourth-order valence-corrected chi connectivity index (χ4v) is 4.03. The Hall–Kier alpha value is -0.980. The molecule has 0 bridgehead atoms. The fourth-order valence-electron chi connectivity index (χ4n) is 2.42. The molecule has 4 nitrogen and oxygen atoms in total. The average molecular weight is 317 g/mol. The van der Waals surface area contributed by atoms with Crippen LogP contribution in [0, 0.1) is 25.1 Å². The Bertz CT molecular complexity index is 564. The highest BCUT2D eigenvalue weighted by molar-refractivity contribution is 7.89. The van der Waals surface area contributed by atoms with Crippen molar-refractivity contribution < 1.29 is 17.9 Å². The molecule has 120 valence electrons. The summed E-state index contributed by atoms with van der Waals surface area (Å²) < 4.78 is 40.8. The number of hydrogen-bond donors (Lipinski definition) is 2. The molecule has 0 aromatic heterocycles. The third-order valence-corrected chi connectivity index (χ3v) is 5.87. The van der Waals surface area contributed by atoms with E-state index < -0.39 is 21.3 Å². The van der Waals surface area contributed by atoms with E-state index in [4.69, 9.17) is 0 Å². The lowest BCUT2D eigenvalue weighted by molar-refractivity contribution is 0.119. The van der Waals surface area contributed by atoms with Gasteiger partial charge in [-0.25, -0.2) is 17.5 Å².